The summed E-state index contributed by atoms with van der Waals surface area (Å²) in [5.74, 6) is 0.0438. The van der Waals surface area contributed by atoms with Gasteiger partial charge in [0, 0.05) is 18.5 Å². The van der Waals surface area contributed by atoms with Crippen LogP contribution in [0.4, 0.5) is 0 Å². The lowest BCUT2D eigenvalue weighted by Crippen LogP contribution is -2.46. The first-order valence-electron chi connectivity index (χ1n) is 5.40. The summed E-state index contributed by atoms with van der Waals surface area (Å²) in [4.78, 5) is 11.3. The van der Waals surface area contributed by atoms with Crippen molar-refractivity contribution in [1.82, 2.24) is 5.32 Å². The number of hydrogen-bond donors (Lipinski definition) is 2. The van der Waals surface area contributed by atoms with Crippen molar-refractivity contribution in [1.29, 1.82) is 0 Å². The fourth-order valence-corrected chi connectivity index (χ4v) is 1.91. The van der Waals surface area contributed by atoms with Gasteiger partial charge < -0.3 is 11.1 Å². The van der Waals surface area contributed by atoms with E-state index in [2.05, 4.69) is 11.9 Å². The molecule has 3 heteroatoms. The number of amides is 1. The molecule has 1 aliphatic rings. The predicted molar refractivity (Wildman–Crippen MR) is 57.8 cm³/mol. The summed E-state index contributed by atoms with van der Waals surface area (Å²) in [5.41, 5.74) is 5.98. The van der Waals surface area contributed by atoms with Crippen LogP contribution in [-0.4, -0.2) is 18.0 Å². The highest BCUT2D eigenvalue weighted by molar-refractivity contribution is 5.77. The van der Waals surface area contributed by atoms with E-state index in [9.17, 15) is 4.79 Å². The lowest BCUT2D eigenvalue weighted by molar-refractivity contribution is -0.121. The van der Waals surface area contributed by atoms with Crippen molar-refractivity contribution in [3.05, 3.63) is 12.7 Å². The SMILES string of the molecule is C=CCC(=O)NC1CCCCCC1N. The Morgan fingerprint density at radius 1 is 1.43 bits per heavy atom. The van der Waals surface area contributed by atoms with Gasteiger partial charge in [0.1, 0.15) is 0 Å². The molecule has 3 nitrogen and oxygen atoms in total. The minimum atomic E-state index is 0.0438. The highest BCUT2D eigenvalue weighted by Crippen LogP contribution is 2.16. The van der Waals surface area contributed by atoms with Crippen LogP contribution in [0.2, 0.25) is 0 Å². The van der Waals surface area contributed by atoms with Crippen LogP contribution >= 0.6 is 0 Å². The van der Waals surface area contributed by atoms with E-state index in [0.717, 1.165) is 12.8 Å². The molecule has 0 aromatic heterocycles. The minimum Gasteiger partial charge on any atom is -0.352 e. The summed E-state index contributed by atoms with van der Waals surface area (Å²) in [7, 11) is 0. The fraction of sp³-hybridized carbons (Fsp3) is 0.727. The van der Waals surface area contributed by atoms with Crippen molar-refractivity contribution in [2.75, 3.05) is 0 Å². The lowest BCUT2D eigenvalue weighted by Gasteiger charge is -2.22. The second-order valence-electron chi connectivity index (χ2n) is 3.97. The normalized spacial score (nSPS) is 27.8. The lowest BCUT2D eigenvalue weighted by atomic mass is 10.0. The molecule has 0 aromatic carbocycles. The van der Waals surface area contributed by atoms with Gasteiger partial charge in [-0.15, -0.1) is 6.58 Å². The highest BCUT2D eigenvalue weighted by Gasteiger charge is 2.21. The van der Waals surface area contributed by atoms with Gasteiger partial charge in [-0.05, 0) is 12.8 Å². The van der Waals surface area contributed by atoms with Gasteiger partial charge in [-0.25, -0.2) is 0 Å². The predicted octanol–water partition coefficient (Wildman–Crippen LogP) is 1.34. The fourth-order valence-electron chi connectivity index (χ4n) is 1.91. The third kappa shape index (κ3) is 3.50. The third-order valence-electron chi connectivity index (χ3n) is 2.75. The maximum absolute atomic E-state index is 11.3. The zero-order valence-electron chi connectivity index (χ0n) is 8.67. The molecule has 14 heavy (non-hydrogen) atoms. The van der Waals surface area contributed by atoms with Crippen LogP contribution in [0.15, 0.2) is 12.7 Å². The Hall–Kier alpha value is -0.830. The van der Waals surface area contributed by atoms with Crippen molar-refractivity contribution in [3.63, 3.8) is 0 Å². The second-order valence-corrected chi connectivity index (χ2v) is 3.97. The number of nitrogens with one attached hydrogen (secondary N) is 1. The maximum atomic E-state index is 11.3. The Morgan fingerprint density at radius 3 is 2.86 bits per heavy atom. The largest absolute Gasteiger partial charge is 0.352 e. The van der Waals surface area contributed by atoms with Crippen molar-refractivity contribution in [2.45, 2.75) is 50.6 Å². The average molecular weight is 196 g/mol. The third-order valence-corrected chi connectivity index (χ3v) is 2.75. The van der Waals surface area contributed by atoms with Crippen LogP contribution in [0.1, 0.15) is 38.5 Å². The summed E-state index contributed by atoms with van der Waals surface area (Å²) in [6, 6.07) is 0.302. The molecule has 1 saturated carbocycles. The van der Waals surface area contributed by atoms with Crippen LogP contribution in [0.5, 0.6) is 0 Å². The van der Waals surface area contributed by atoms with E-state index in [1.165, 1.54) is 19.3 Å². The van der Waals surface area contributed by atoms with Crippen molar-refractivity contribution >= 4 is 5.91 Å². The van der Waals surface area contributed by atoms with Gasteiger partial charge in [-0.1, -0.05) is 25.3 Å². The molecule has 0 heterocycles. The van der Waals surface area contributed by atoms with Gasteiger partial charge in [0.15, 0.2) is 0 Å². The number of rotatable bonds is 3. The van der Waals surface area contributed by atoms with Gasteiger partial charge >= 0.3 is 0 Å². The summed E-state index contributed by atoms with van der Waals surface area (Å²) >= 11 is 0. The molecule has 1 aliphatic carbocycles. The Kier molecular flexibility index (Phi) is 4.66. The molecule has 1 amide bonds. The quantitative estimate of drug-likeness (QED) is 0.528. The average Bonchev–Trinajstić information content (AvgIpc) is 2.33. The number of carbonyl (C=O) groups is 1. The van der Waals surface area contributed by atoms with E-state index in [4.69, 9.17) is 5.73 Å². The van der Waals surface area contributed by atoms with E-state index in [1.54, 1.807) is 6.08 Å². The first kappa shape index (κ1) is 11.2. The Balaban J connectivity index is 2.39. The van der Waals surface area contributed by atoms with E-state index >= 15 is 0 Å². The Labute approximate surface area is 85.7 Å². The molecular weight excluding hydrogens is 176 g/mol. The molecule has 2 unspecified atom stereocenters. The molecular formula is C11H20N2O. The van der Waals surface area contributed by atoms with Gasteiger partial charge in [-0.3, -0.25) is 4.79 Å². The van der Waals surface area contributed by atoms with E-state index < -0.39 is 0 Å². The van der Waals surface area contributed by atoms with Gasteiger partial charge in [0.2, 0.25) is 5.91 Å². The van der Waals surface area contributed by atoms with Gasteiger partial charge in [0.05, 0.1) is 0 Å². The first-order valence-corrected chi connectivity index (χ1v) is 5.40. The molecule has 80 valence electrons. The Bertz CT molecular complexity index is 203. The van der Waals surface area contributed by atoms with Crippen molar-refractivity contribution in [3.8, 4) is 0 Å². The monoisotopic (exact) mass is 196 g/mol. The van der Waals surface area contributed by atoms with E-state index in [1.807, 2.05) is 0 Å². The number of hydrogen-bond acceptors (Lipinski definition) is 2. The van der Waals surface area contributed by atoms with Crippen LogP contribution < -0.4 is 11.1 Å². The number of nitrogens with two attached hydrogens (primary N) is 1. The van der Waals surface area contributed by atoms with Gasteiger partial charge in [-0.2, -0.15) is 0 Å². The van der Waals surface area contributed by atoms with Crippen molar-refractivity contribution in [2.24, 2.45) is 5.73 Å². The summed E-state index contributed by atoms with van der Waals surface area (Å²) in [5, 5.41) is 2.97. The van der Waals surface area contributed by atoms with Gasteiger partial charge in [0.25, 0.3) is 0 Å². The van der Waals surface area contributed by atoms with Crippen LogP contribution in [0.3, 0.4) is 0 Å². The first-order chi connectivity index (χ1) is 6.74. The number of carbonyl (C=O) groups excluding carboxylic acids is 1. The molecule has 0 aliphatic heterocycles. The molecule has 2 atom stereocenters. The molecule has 0 aromatic rings. The van der Waals surface area contributed by atoms with Crippen LogP contribution in [0.25, 0.3) is 0 Å². The summed E-state index contributed by atoms with van der Waals surface area (Å²) in [6.45, 7) is 3.54. The van der Waals surface area contributed by atoms with Crippen LogP contribution in [0, 0.1) is 0 Å². The van der Waals surface area contributed by atoms with E-state index in [0.29, 0.717) is 6.42 Å². The summed E-state index contributed by atoms with van der Waals surface area (Å²) < 4.78 is 0. The molecule has 3 N–H and O–H groups in total. The molecule has 0 bridgehead atoms. The van der Waals surface area contributed by atoms with Crippen molar-refractivity contribution < 1.29 is 4.79 Å². The highest BCUT2D eigenvalue weighted by atomic mass is 16.1. The molecule has 1 rings (SSSR count). The standard InChI is InChI=1S/C11H20N2O/c1-2-6-11(14)13-10-8-5-3-4-7-9(10)12/h2,9-10H,1,3-8,12H2,(H,13,14). The maximum Gasteiger partial charge on any atom is 0.224 e. The molecule has 0 radical (unpaired) electrons. The summed E-state index contributed by atoms with van der Waals surface area (Å²) in [6.07, 6.45) is 7.66. The minimum absolute atomic E-state index is 0.0438. The van der Waals surface area contributed by atoms with Crippen LogP contribution in [-0.2, 0) is 4.79 Å². The second kappa shape index (κ2) is 5.81. The Morgan fingerprint density at radius 2 is 2.14 bits per heavy atom. The molecule has 1 fully saturated rings. The zero-order chi connectivity index (χ0) is 10.4. The smallest absolute Gasteiger partial charge is 0.224 e. The topological polar surface area (TPSA) is 55.1 Å². The molecule has 0 saturated heterocycles. The zero-order valence-corrected chi connectivity index (χ0v) is 8.67. The van der Waals surface area contributed by atoms with E-state index in [-0.39, 0.29) is 18.0 Å². The molecule has 0 spiro atoms.